The van der Waals surface area contributed by atoms with E-state index in [9.17, 15) is 0 Å². The molecule has 0 radical (unpaired) electrons. The zero-order chi connectivity index (χ0) is 13.1. The molecular formula is C14H23N3O. The lowest BCUT2D eigenvalue weighted by molar-refractivity contribution is 0.163. The quantitative estimate of drug-likeness (QED) is 0.881. The number of piperazine rings is 1. The highest BCUT2D eigenvalue weighted by atomic mass is 16.5. The molecule has 2 heterocycles. The van der Waals surface area contributed by atoms with E-state index >= 15 is 0 Å². The lowest BCUT2D eigenvalue weighted by Gasteiger charge is -2.34. The second-order valence-corrected chi connectivity index (χ2v) is 5.07. The Kier molecular flexibility index (Phi) is 4.19. The highest BCUT2D eigenvalue weighted by Crippen LogP contribution is 2.25. The number of hydrogen-bond donors (Lipinski definition) is 1. The summed E-state index contributed by atoms with van der Waals surface area (Å²) in [6.07, 6.45) is 1.91. The SMILES string of the molecule is COc1c(C)cnc(CN2CCNC[C@@H]2C)c1C. The Bertz CT molecular complexity index is 420. The van der Waals surface area contributed by atoms with Crippen molar-refractivity contribution >= 4 is 0 Å². The first-order valence-electron chi connectivity index (χ1n) is 6.57. The summed E-state index contributed by atoms with van der Waals surface area (Å²) in [7, 11) is 1.73. The van der Waals surface area contributed by atoms with Crippen molar-refractivity contribution in [2.75, 3.05) is 26.7 Å². The number of nitrogens with zero attached hydrogens (tertiary/aromatic N) is 2. The standard InChI is InChI=1S/C14H23N3O/c1-10-7-16-13(12(3)14(10)18-4)9-17-6-5-15-8-11(17)2/h7,11,15H,5-6,8-9H2,1-4H3/t11-/m0/s1. The predicted octanol–water partition coefficient (Wildman–Crippen LogP) is 1.50. The van der Waals surface area contributed by atoms with Crippen LogP contribution in [0.25, 0.3) is 0 Å². The minimum atomic E-state index is 0.562. The summed E-state index contributed by atoms with van der Waals surface area (Å²) in [5.74, 6) is 0.975. The Hall–Kier alpha value is -1.13. The van der Waals surface area contributed by atoms with Gasteiger partial charge in [-0.1, -0.05) is 0 Å². The number of rotatable bonds is 3. The van der Waals surface area contributed by atoms with Gasteiger partial charge in [0.2, 0.25) is 0 Å². The molecule has 1 aliphatic rings. The van der Waals surface area contributed by atoms with Crippen LogP contribution >= 0.6 is 0 Å². The van der Waals surface area contributed by atoms with Gasteiger partial charge in [0.1, 0.15) is 5.75 Å². The minimum Gasteiger partial charge on any atom is -0.496 e. The molecule has 1 saturated heterocycles. The second kappa shape index (κ2) is 5.67. The molecule has 0 aromatic carbocycles. The molecule has 4 heteroatoms. The molecule has 1 N–H and O–H groups in total. The molecule has 2 rings (SSSR count). The van der Waals surface area contributed by atoms with Crippen molar-refractivity contribution in [3.63, 3.8) is 0 Å². The topological polar surface area (TPSA) is 37.4 Å². The average molecular weight is 249 g/mol. The number of nitrogens with one attached hydrogen (secondary N) is 1. The van der Waals surface area contributed by atoms with Crippen LogP contribution in [0.15, 0.2) is 6.20 Å². The Morgan fingerprint density at radius 1 is 1.50 bits per heavy atom. The molecule has 1 aromatic heterocycles. The van der Waals surface area contributed by atoms with Crippen LogP contribution < -0.4 is 10.1 Å². The first kappa shape index (κ1) is 13.3. The summed E-state index contributed by atoms with van der Waals surface area (Å²) < 4.78 is 5.46. The normalized spacial score (nSPS) is 21.0. The van der Waals surface area contributed by atoms with Gasteiger partial charge in [-0.15, -0.1) is 0 Å². The molecular weight excluding hydrogens is 226 g/mol. The maximum Gasteiger partial charge on any atom is 0.128 e. The Morgan fingerprint density at radius 2 is 2.28 bits per heavy atom. The zero-order valence-electron chi connectivity index (χ0n) is 11.8. The molecule has 0 saturated carbocycles. The lowest BCUT2D eigenvalue weighted by atomic mass is 10.1. The van der Waals surface area contributed by atoms with Crippen LogP contribution in [0.1, 0.15) is 23.7 Å². The maximum atomic E-state index is 5.46. The zero-order valence-corrected chi connectivity index (χ0v) is 11.8. The van der Waals surface area contributed by atoms with Gasteiger partial charge in [0.05, 0.1) is 12.8 Å². The summed E-state index contributed by atoms with van der Waals surface area (Å²) >= 11 is 0. The minimum absolute atomic E-state index is 0.562. The van der Waals surface area contributed by atoms with Crippen LogP contribution in [-0.4, -0.2) is 42.7 Å². The molecule has 0 bridgehead atoms. The predicted molar refractivity (Wildman–Crippen MR) is 73.0 cm³/mol. The van der Waals surface area contributed by atoms with Crippen LogP contribution in [0, 0.1) is 13.8 Å². The fraction of sp³-hybridized carbons (Fsp3) is 0.643. The van der Waals surface area contributed by atoms with Gasteiger partial charge in [-0.2, -0.15) is 0 Å². The third kappa shape index (κ3) is 2.65. The van der Waals surface area contributed by atoms with Crippen molar-refractivity contribution in [2.45, 2.75) is 33.4 Å². The van der Waals surface area contributed by atoms with E-state index in [4.69, 9.17) is 4.74 Å². The highest BCUT2D eigenvalue weighted by molar-refractivity contribution is 5.41. The van der Waals surface area contributed by atoms with Crippen molar-refractivity contribution in [3.8, 4) is 5.75 Å². The fourth-order valence-electron chi connectivity index (χ4n) is 2.54. The van der Waals surface area contributed by atoms with Crippen LogP contribution in [0.3, 0.4) is 0 Å². The van der Waals surface area contributed by atoms with Crippen molar-refractivity contribution in [1.82, 2.24) is 15.2 Å². The Labute approximate surface area is 109 Å². The fourth-order valence-corrected chi connectivity index (χ4v) is 2.54. The Morgan fingerprint density at radius 3 is 2.94 bits per heavy atom. The number of pyridine rings is 1. The van der Waals surface area contributed by atoms with Crippen LogP contribution in [0.2, 0.25) is 0 Å². The summed E-state index contributed by atoms with van der Waals surface area (Å²) in [5, 5.41) is 3.41. The average Bonchev–Trinajstić information content (AvgIpc) is 2.36. The molecule has 1 aliphatic heterocycles. The van der Waals surface area contributed by atoms with Gasteiger partial charge in [0, 0.05) is 49.5 Å². The van der Waals surface area contributed by atoms with Crippen molar-refractivity contribution in [1.29, 1.82) is 0 Å². The lowest BCUT2D eigenvalue weighted by Crippen LogP contribution is -2.49. The molecule has 0 aliphatic carbocycles. The van der Waals surface area contributed by atoms with Crippen LogP contribution in [0.4, 0.5) is 0 Å². The number of aromatic nitrogens is 1. The molecule has 18 heavy (non-hydrogen) atoms. The van der Waals surface area contributed by atoms with E-state index < -0.39 is 0 Å². The van der Waals surface area contributed by atoms with Crippen LogP contribution in [-0.2, 0) is 6.54 Å². The number of ether oxygens (including phenoxy) is 1. The van der Waals surface area contributed by atoms with E-state index in [1.165, 1.54) is 5.56 Å². The third-order valence-electron chi connectivity index (χ3n) is 3.74. The van der Waals surface area contributed by atoms with Gasteiger partial charge in [-0.25, -0.2) is 0 Å². The Balaban J connectivity index is 2.18. The summed E-state index contributed by atoms with van der Waals surface area (Å²) in [6, 6.07) is 0.562. The highest BCUT2D eigenvalue weighted by Gasteiger charge is 2.20. The first-order chi connectivity index (χ1) is 8.63. The molecule has 0 amide bonds. The molecule has 0 spiro atoms. The third-order valence-corrected chi connectivity index (χ3v) is 3.74. The van der Waals surface area contributed by atoms with E-state index in [-0.39, 0.29) is 0 Å². The van der Waals surface area contributed by atoms with Gasteiger partial charge in [0.15, 0.2) is 0 Å². The second-order valence-electron chi connectivity index (χ2n) is 5.07. The smallest absolute Gasteiger partial charge is 0.128 e. The molecule has 0 unspecified atom stereocenters. The van der Waals surface area contributed by atoms with Gasteiger partial charge in [0.25, 0.3) is 0 Å². The van der Waals surface area contributed by atoms with Crippen molar-refractivity contribution < 1.29 is 4.74 Å². The van der Waals surface area contributed by atoms with E-state index in [1.54, 1.807) is 7.11 Å². The number of hydrogen-bond acceptors (Lipinski definition) is 4. The maximum absolute atomic E-state index is 5.46. The molecule has 1 aromatic rings. The first-order valence-corrected chi connectivity index (χ1v) is 6.57. The number of methoxy groups -OCH3 is 1. The molecule has 100 valence electrons. The van der Waals surface area contributed by atoms with Gasteiger partial charge >= 0.3 is 0 Å². The van der Waals surface area contributed by atoms with E-state index in [0.717, 1.165) is 43.2 Å². The molecule has 1 fully saturated rings. The van der Waals surface area contributed by atoms with Gasteiger partial charge in [-0.05, 0) is 20.8 Å². The summed E-state index contributed by atoms with van der Waals surface area (Å²) in [6.45, 7) is 10.5. The van der Waals surface area contributed by atoms with Crippen molar-refractivity contribution in [3.05, 3.63) is 23.0 Å². The summed E-state index contributed by atoms with van der Waals surface area (Å²) in [5.41, 5.74) is 3.40. The van der Waals surface area contributed by atoms with Gasteiger partial charge in [-0.3, -0.25) is 9.88 Å². The number of aryl methyl sites for hydroxylation is 1. The monoisotopic (exact) mass is 249 g/mol. The summed E-state index contributed by atoms with van der Waals surface area (Å²) in [4.78, 5) is 7.05. The van der Waals surface area contributed by atoms with Crippen molar-refractivity contribution in [2.24, 2.45) is 0 Å². The van der Waals surface area contributed by atoms with Crippen LogP contribution in [0.5, 0.6) is 5.75 Å². The van der Waals surface area contributed by atoms with E-state index in [2.05, 4.69) is 29.0 Å². The van der Waals surface area contributed by atoms with Gasteiger partial charge < -0.3 is 10.1 Å². The largest absolute Gasteiger partial charge is 0.496 e. The van der Waals surface area contributed by atoms with E-state index in [1.807, 2.05) is 13.1 Å². The van der Waals surface area contributed by atoms with E-state index in [0.29, 0.717) is 6.04 Å². The molecule has 1 atom stereocenters. The molecule has 4 nitrogen and oxygen atoms in total.